The summed E-state index contributed by atoms with van der Waals surface area (Å²) in [7, 11) is 0. The van der Waals surface area contributed by atoms with Crippen LogP contribution in [0.5, 0.6) is 0 Å². The number of anilines is 1. The number of carbonyl (C=O) groups excluding carboxylic acids is 2. The number of rotatable bonds is 4. The number of benzene rings is 2. The van der Waals surface area contributed by atoms with Gasteiger partial charge >= 0.3 is 6.18 Å². The molecule has 0 unspecified atom stereocenters. The Morgan fingerprint density at radius 1 is 1.00 bits per heavy atom. The molecule has 162 valence electrons. The second-order valence-corrected chi connectivity index (χ2v) is 7.88. The number of alkyl halides is 3. The molecule has 0 saturated heterocycles. The lowest BCUT2D eigenvalue weighted by Gasteiger charge is -2.38. The van der Waals surface area contributed by atoms with Crippen molar-refractivity contribution in [1.29, 1.82) is 0 Å². The maximum absolute atomic E-state index is 13.2. The van der Waals surface area contributed by atoms with Crippen molar-refractivity contribution >= 4 is 23.2 Å². The van der Waals surface area contributed by atoms with E-state index in [9.17, 15) is 22.8 Å². The van der Waals surface area contributed by atoms with Crippen LogP contribution in [0.4, 0.5) is 18.9 Å². The third kappa shape index (κ3) is 4.33. The number of nitrogens with zero attached hydrogens (tertiary/aromatic N) is 2. The lowest BCUT2D eigenvalue weighted by Crippen LogP contribution is -2.51. The molecule has 1 aliphatic heterocycles. The maximum Gasteiger partial charge on any atom is 0.416 e. The van der Waals surface area contributed by atoms with E-state index < -0.39 is 23.3 Å². The number of amides is 2. The minimum absolute atomic E-state index is 0.209. The second-order valence-electron chi connectivity index (χ2n) is 7.88. The molecule has 1 aliphatic carbocycles. The number of halogens is 3. The van der Waals surface area contributed by atoms with Crippen LogP contribution in [-0.2, 0) is 15.8 Å². The molecule has 0 aromatic heterocycles. The molecule has 0 bridgehead atoms. The molecule has 8 heteroatoms. The van der Waals surface area contributed by atoms with E-state index in [-0.39, 0.29) is 18.1 Å². The van der Waals surface area contributed by atoms with Crippen LogP contribution >= 0.6 is 0 Å². The first-order chi connectivity index (χ1) is 14.8. The van der Waals surface area contributed by atoms with E-state index in [2.05, 4.69) is 5.32 Å². The number of hydrogen-bond donors (Lipinski definition) is 1. The van der Waals surface area contributed by atoms with E-state index in [1.54, 1.807) is 0 Å². The smallest absolute Gasteiger partial charge is 0.325 e. The number of aliphatic imine (C=N–C) groups is 1. The third-order valence-electron chi connectivity index (χ3n) is 5.77. The average molecular weight is 429 g/mol. The van der Waals surface area contributed by atoms with Gasteiger partial charge in [-0.3, -0.25) is 14.6 Å². The molecule has 2 aromatic carbocycles. The van der Waals surface area contributed by atoms with Crippen LogP contribution in [0.15, 0.2) is 59.6 Å². The molecule has 2 aliphatic rings. The first-order valence-corrected chi connectivity index (χ1v) is 10.2. The van der Waals surface area contributed by atoms with Crippen molar-refractivity contribution in [3.63, 3.8) is 0 Å². The maximum atomic E-state index is 13.2. The Morgan fingerprint density at radius 3 is 2.26 bits per heavy atom. The summed E-state index contributed by atoms with van der Waals surface area (Å²) in [6, 6.07) is 13.4. The highest BCUT2D eigenvalue weighted by Crippen LogP contribution is 2.39. The fourth-order valence-electron chi connectivity index (χ4n) is 4.22. The largest absolute Gasteiger partial charge is 0.416 e. The van der Waals surface area contributed by atoms with Gasteiger partial charge in [0.15, 0.2) is 0 Å². The van der Waals surface area contributed by atoms with E-state index in [0.29, 0.717) is 24.1 Å². The normalized spacial score (nSPS) is 18.2. The lowest BCUT2D eigenvalue weighted by atomic mass is 9.88. The molecule has 1 N–H and O–H groups in total. The van der Waals surface area contributed by atoms with Crippen LogP contribution in [0.3, 0.4) is 0 Å². The van der Waals surface area contributed by atoms with Gasteiger partial charge in [-0.1, -0.05) is 36.8 Å². The summed E-state index contributed by atoms with van der Waals surface area (Å²) in [6.45, 7) is -0.209. The quantitative estimate of drug-likeness (QED) is 0.770. The van der Waals surface area contributed by atoms with Crippen molar-refractivity contribution in [1.82, 2.24) is 4.90 Å². The highest BCUT2D eigenvalue weighted by atomic mass is 19.4. The van der Waals surface area contributed by atoms with Crippen LogP contribution < -0.4 is 5.32 Å². The molecule has 1 heterocycles. The predicted octanol–water partition coefficient (Wildman–Crippen LogP) is 4.64. The molecular weight excluding hydrogens is 407 g/mol. The van der Waals surface area contributed by atoms with Gasteiger partial charge in [-0.15, -0.1) is 0 Å². The van der Waals surface area contributed by atoms with Gasteiger partial charge in [0.1, 0.15) is 17.9 Å². The molecular formula is C23H22F3N3O2. The number of nitrogens with one attached hydrogen (secondary N) is 1. The van der Waals surface area contributed by atoms with Crippen molar-refractivity contribution in [2.75, 3.05) is 11.9 Å². The molecule has 0 radical (unpaired) electrons. The van der Waals surface area contributed by atoms with E-state index in [0.717, 1.165) is 31.4 Å². The third-order valence-corrected chi connectivity index (χ3v) is 5.77. The minimum atomic E-state index is -4.44. The van der Waals surface area contributed by atoms with E-state index in [4.69, 9.17) is 4.99 Å². The summed E-state index contributed by atoms with van der Waals surface area (Å²) in [5, 5.41) is 2.59. The zero-order valence-corrected chi connectivity index (χ0v) is 16.8. The molecule has 4 rings (SSSR count). The molecule has 5 nitrogen and oxygen atoms in total. The van der Waals surface area contributed by atoms with Gasteiger partial charge < -0.3 is 10.2 Å². The topological polar surface area (TPSA) is 61.8 Å². The Balaban J connectivity index is 1.52. The summed E-state index contributed by atoms with van der Waals surface area (Å²) >= 11 is 0. The lowest BCUT2D eigenvalue weighted by molar-refractivity contribution is -0.137. The van der Waals surface area contributed by atoms with Gasteiger partial charge in [0.05, 0.1) is 5.56 Å². The van der Waals surface area contributed by atoms with Crippen molar-refractivity contribution < 1.29 is 22.8 Å². The molecule has 2 aromatic rings. The van der Waals surface area contributed by atoms with Gasteiger partial charge in [0, 0.05) is 11.3 Å². The highest BCUT2D eigenvalue weighted by molar-refractivity contribution is 6.47. The van der Waals surface area contributed by atoms with Crippen LogP contribution in [0.1, 0.15) is 43.2 Å². The SMILES string of the molecule is O=C(CN1C(=O)C(c2ccccc2)=NC12CCCCC2)Nc1ccc(C(F)(F)F)cc1. The molecule has 2 amide bonds. The summed E-state index contributed by atoms with van der Waals surface area (Å²) in [6.07, 6.45) is -0.197. The van der Waals surface area contributed by atoms with E-state index in [1.165, 1.54) is 17.0 Å². The first-order valence-electron chi connectivity index (χ1n) is 10.2. The van der Waals surface area contributed by atoms with Gasteiger partial charge in [0.2, 0.25) is 5.91 Å². The summed E-state index contributed by atoms with van der Waals surface area (Å²) < 4.78 is 38.2. The monoisotopic (exact) mass is 429 g/mol. The highest BCUT2D eigenvalue weighted by Gasteiger charge is 2.48. The Morgan fingerprint density at radius 2 is 1.65 bits per heavy atom. The van der Waals surface area contributed by atoms with Crippen molar-refractivity contribution in [3.05, 3.63) is 65.7 Å². The van der Waals surface area contributed by atoms with Crippen molar-refractivity contribution in [2.24, 2.45) is 4.99 Å². The number of hydrogen-bond acceptors (Lipinski definition) is 3. The Labute approximate surface area is 178 Å². The molecule has 1 fully saturated rings. The van der Waals surface area contributed by atoms with E-state index >= 15 is 0 Å². The average Bonchev–Trinajstić information content (AvgIpc) is 3.00. The second kappa shape index (κ2) is 8.17. The predicted molar refractivity (Wildman–Crippen MR) is 111 cm³/mol. The zero-order chi connectivity index (χ0) is 22.1. The molecule has 31 heavy (non-hydrogen) atoms. The zero-order valence-electron chi connectivity index (χ0n) is 16.8. The van der Waals surface area contributed by atoms with E-state index in [1.807, 2.05) is 30.3 Å². The minimum Gasteiger partial charge on any atom is -0.325 e. The van der Waals surface area contributed by atoms with Gasteiger partial charge in [0.25, 0.3) is 5.91 Å². The summed E-state index contributed by atoms with van der Waals surface area (Å²) in [4.78, 5) is 32.2. The Kier molecular flexibility index (Phi) is 5.56. The fraction of sp³-hybridized carbons (Fsp3) is 0.348. The standard InChI is InChI=1S/C23H22F3N3O2/c24-23(25,26)17-9-11-18(12-10-17)27-19(30)15-29-21(31)20(16-7-3-1-4-8-16)28-22(29)13-5-2-6-14-22/h1,3-4,7-12H,2,5-6,13-15H2,(H,27,30). The van der Waals surface area contributed by atoms with Crippen LogP contribution in [0.2, 0.25) is 0 Å². The van der Waals surface area contributed by atoms with Crippen LogP contribution in [0, 0.1) is 0 Å². The first kappa shape index (κ1) is 21.1. The summed E-state index contributed by atoms with van der Waals surface area (Å²) in [5.74, 6) is -0.766. The fourth-order valence-corrected chi connectivity index (χ4v) is 4.22. The van der Waals surface area contributed by atoms with Crippen molar-refractivity contribution in [3.8, 4) is 0 Å². The van der Waals surface area contributed by atoms with Crippen LogP contribution in [-0.4, -0.2) is 34.6 Å². The van der Waals surface area contributed by atoms with Crippen molar-refractivity contribution in [2.45, 2.75) is 43.9 Å². The molecule has 1 saturated carbocycles. The van der Waals surface area contributed by atoms with Gasteiger partial charge in [-0.05, 0) is 49.9 Å². The summed E-state index contributed by atoms with van der Waals surface area (Å²) in [5.41, 5.74) is -0.223. The van der Waals surface area contributed by atoms with Gasteiger partial charge in [-0.25, -0.2) is 0 Å². The van der Waals surface area contributed by atoms with Gasteiger partial charge in [-0.2, -0.15) is 13.2 Å². The Hall–Kier alpha value is -3.16. The van der Waals surface area contributed by atoms with Crippen LogP contribution in [0.25, 0.3) is 0 Å². The number of carbonyl (C=O) groups is 2. The molecule has 1 spiro atoms. The Bertz CT molecular complexity index is 995. The molecule has 0 atom stereocenters.